The number of carbonyl (C=O) groups excluding carboxylic acids is 5. The molecular weight excluding hydrogens is 472 g/mol. The largest absolute Gasteiger partial charge is 0.346 e. The van der Waals surface area contributed by atoms with E-state index >= 15 is 0 Å². The summed E-state index contributed by atoms with van der Waals surface area (Å²) >= 11 is 0. The Balaban J connectivity index is -0.000000395. The molecule has 0 unspecified atom stereocenters. The van der Waals surface area contributed by atoms with E-state index in [-0.39, 0.29) is 57.3 Å². The Hall–Kier alpha value is -3.77. The maximum atomic E-state index is 10.9. The van der Waals surface area contributed by atoms with E-state index in [1.165, 1.54) is 47.6 Å². The summed E-state index contributed by atoms with van der Waals surface area (Å²) in [6.07, 6.45) is 5.11. The molecule has 3 aliphatic heterocycles. The van der Waals surface area contributed by atoms with Crippen LogP contribution in [0.1, 0.15) is 48.0 Å². The zero-order valence-corrected chi connectivity index (χ0v) is 19.7. The minimum absolute atomic E-state index is 0. The lowest BCUT2D eigenvalue weighted by atomic mass is 10.4. The fourth-order valence-corrected chi connectivity index (χ4v) is 2.72. The molecule has 0 spiro atoms. The third-order valence-electron chi connectivity index (χ3n) is 5.22. The molecule has 0 aromatic carbocycles. The first kappa shape index (κ1) is 36.8. The maximum Gasteiger partial charge on any atom is 0.346 e. The molecule has 2 fully saturated rings. The second-order valence-corrected chi connectivity index (χ2v) is 7.51. The Labute approximate surface area is 212 Å². The highest BCUT2D eigenvalue weighted by molar-refractivity contribution is 6.12. The summed E-state index contributed by atoms with van der Waals surface area (Å²) in [4.78, 5) is 78.1. The first-order valence-electron chi connectivity index (χ1n) is 10.1. The first-order valence-corrected chi connectivity index (χ1v) is 10.1. The number of rotatable bonds is 0. The molecule has 13 nitrogen and oxygen atoms in total. The van der Waals surface area contributed by atoms with E-state index in [9.17, 15) is 33.6 Å². The molecular formula is C23H42N6O7. The topological polar surface area (TPSA) is 144 Å². The van der Waals surface area contributed by atoms with Crippen LogP contribution in [0.2, 0.25) is 0 Å². The van der Waals surface area contributed by atoms with Crippen LogP contribution in [-0.4, -0.2) is 85.9 Å². The van der Waals surface area contributed by atoms with Crippen LogP contribution in [0.4, 0.5) is 0 Å². The summed E-state index contributed by atoms with van der Waals surface area (Å²) in [5, 5.41) is 0. The zero-order chi connectivity index (χ0) is 25.5. The van der Waals surface area contributed by atoms with E-state index in [4.69, 9.17) is 0 Å². The van der Waals surface area contributed by atoms with Gasteiger partial charge in [-0.15, -0.1) is 0 Å². The number of likely N-dealkylation sites (tertiary alicyclic amines) is 2. The van der Waals surface area contributed by atoms with Crippen molar-refractivity contribution in [3.8, 4) is 0 Å². The minimum Gasteiger partial charge on any atom is -0.346 e. The van der Waals surface area contributed by atoms with Crippen LogP contribution < -0.4 is 11.4 Å². The molecule has 1 aromatic heterocycles. The molecule has 0 atom stereocenters. The zero-order valence-electron chi connectivity index (χ0n) is 19.7. The van der Waals surface area contributed by atoms with Gasteiger partial charge in [0.05, 0.1) is 0 Å². The molecule has 206 valence electrons. The summed E-state index contributed by atoms with van der Waals surface area (Å²) < 4.78 is 3.56. The molecule has 0 saturated carbocycles. The van der Waals surface area contributed by atoms with Gasteiger partial charge in [-0.1, -0.05) is 22.3 Å². The Morgan fingerprint density at radius 3 is 1.06 bits per heavy atom. The fraction of sp³-hybridized carbons (Fsp3) is 0.609. The van der Waals surface area contributed by atoms with Crippen molar-refractivity contribution >= 4 is 29.5 Å². The molecule has 2 saturated heterocycles. The van der Waals surface area contributed by atoms with Crippen molar-refractivity contribution in [2.24, 2.45) is 21.1 Å². The number of carbonyl (C=O) groups is 5. The van der Waals surface area contributed by atoms with E-state index in [2.05, 4.69) is 0 Å². The Morgan fingerprint density at radius 2 is 0.944 bits per heavy atom. The number of aromatic nitrogens is 3. The number of imide groups is 2. The molecule has 0 aliphatic carbocycles. The van der Waals surface area contributed by atoms with Crippen molar-refractivity contribution in [1.29, 1.82) is 0 Å². The Bertz CT molecular complexity index is 1010. The molecule has 0 radical (unpaired) electrons. The smallest absolute Gasteiger partial charge is 0.346 e. The summed E-state index contributed by atoms with van der Waals surface area (Å²) in [5.74, 6) is -0.310. The molecule has 36 heavy (non-hydrogen) atoms. The van der Waals surface area contributed by atoms with Crippen molar-refractivity contribution in [2.75, 3.05) is 27.7 Å². The van der Waals surface area contributed by atoms with E-state index in [1.807, 2.05) is 7.05 Å². The lowest BCUT2D eigenvalue weighted by Crippen LogP contribution is -2.24. The number of hydrogen-bond donors (Lipinski definition) is 0. The van der Waals surface area contributed by atoms with E-state index in [1.54, 1.807) is 19.0 Å². The molecule has 0 bridgehead atoms. The van der Waals surface area contributed by atoms with Gasteiger partial charge in [-0.25, -0.2) is 23.5 Å². The molecule has 4 rings (SSSR count). The van der Waals surface area contributed by atoms with Crippen molar-refractivity contribution in [2.45, 2.75) is 48.0 Å². The van der Waals surface area contributed by atoms with Crippen molar-refractivity contribution in [1.82, 2.24) is 28.6 Å². The number of nitrogens with zero attached hydrogens (tertiary/aromatic N) is 6. The average molecular weight is 515 g/mol. The van der Waals surface area contributed by atoms with Crippen molar-refractivity contribution in [3.63, 3.8) is 0 Å². The van der Waals surface area contributed by atoms with E-state index in [0.717, 1.165) is 28.9 Å². The lowest BCUT2D eigenvalue weighted by molar-refractivity contribution is -0.137. The molecule has 13 heteroatoms. The van der Waals surface area contributed by atoms with Gasteiger partial charge < -0.3 is 4.90 Å². The van der Waals surface area contributed by atoms with Gasteiger partial charge in [0.2, 0.25) is 17.7 Å². The molecule has 4 heterocycles. The van der Waals surface area contributed by atoms with Gasteiger partial charge in [-0.05, 0) is 6.42 Å². The van der Waals surface area contributed by atoms with Gasteiger partial charge in [0.15, 0.2) is 0 Å². The normalized spacial score (nSPS) is 15.6. The summed E-state index contributed by atoms with van der Waals surface area (Å²) in [5.41, 5.74) is -0.597. The Kier molecular flexibility index (Phi) is 16.4. The number of likely N-dealkylation sites (N-methyl/N-ethyl adjacent to an activating group) is 1. The van der Waals surface area contributed by atoms with Crippen LogP contribution in [0.3, 0.4) is 0 Å². The Morgan fingerprint density at radius 1 is 0.556 bits per heavy atom. The monoisotopic (exact) mass is 514 g/mol. The highest BCUT2D eigenvalue weighted by atomic mass is 16.2. The lowest BCUT2D eigenvalue weighted by Gasteiger charge is -2.03. The predicted octanol–water partition coefficient (Wildman–Crippen LogP) is -0.124. The predicted molar refractivity (Wildman–Crippen MR) is 137 cm³/mol. The van der Waals surface area contributed by atoms with Crippen molar-refractivity contribution < 1.29 is 24.0 Å². The molecule has 5 amide bonds. The third-order valence-corrected chi connectivity index (χ3v) is 5.22. The van der Waals surface area contributed by atoms with E-state index < -0.39 is 0 Å². The highest BCUT2D eigenvalue weighted by Crippen LogP contribution is 2.07. The van der Waals surface area contributed by atoms with Gasteiger partial charge in [0, 0.05) is 80.2 Å². The third kappa shape index (κ3) is 9.47. The van der Waals surface area contributed by atoms with Crippen LogP contribution in [0.5, 0.6) is 0 Å². The van der Waals surface area contributed by atoms with Crippen molar-refractivity contribution in [3.05, 3.63) is 33.1 Å². The quantitative estimate of drug-likeness (QED) is 0.439. The van der Waals surface area contributed by atoms with Crippen LogP contribution in [0, 0.1) is 0 Å². The summed E-state index contributed by atoms with van der Waals surface area (Å²) in [6.45, 7) is 0.957. The first-order chi connectivity index (χ1) is 15.3. The van der Waals surface area contributed by atoms with Crippen LogP contribution >= 0.6 is 0 Å². The molecule has 0 N–H and O–H groups in total. The summed E-state index contributed by atoms with van der Waals surface area (Å²) in [6, 6.07) is 0. The van der Waals surface area contributed by atoms with Gasteiger partial charge in [-0.2, -0.15) is 0 Å². The molecule has 1 aromatic rings. The van der Waals surface area contributed by atoms with Gasteiger partial charge >= 0.3 is 11.4 Å². The summed E-state index contributed by atoms with van der Waals surface area (Å²) in [7, 11) is 9.34. The second kappa shape index (κ2) is 16.0. The minimum atomic E-state index is -0.299. The van der Waals surface area contributed by atoms with E-state index in [0.29, 0.717) is 18.7 Å². The van der Waals surface area contributed by atoms with Crippen LogP contribution in [0.15, 0.2) is 21.7 Å². The van der Waals surface area contributed by atoms with Crippen LogP contribution in [0.25, 0.3) is 0 Å². The molecule has 3 aliphatic rings. The SMILES string of the molecule is C.C.C.CN1C(=O)C=CC1=O.CN1C(=O)CCC1=O.CN1CCCC1=O.Cn1c(=O)n(C)n(C)c1=O. The average Bonchev–Trinajstić information content (AvgIpc) is 3.46. The highest BCUT2D eigenvalue weighted by Gasteiger charge is 2.24. The number of amides is 5. The van der Waals surface area contributed by atoms with Crippen LogP contribution in [-0.2, 0) is 45.1 Å². The van der Waals surface area contributed by atoms with Gasteiger partial charge in [-0.3, -0.25) is 33.8 Å². The van der Waals surface area contributed by atoms with Gasteiger partial charge in [0.25, 0.3) is 11.8 Å². The fourth-order valence-electron chi connectivity index (χ4n) is 2.72. The van der Waals surface area contributed by atoms with Gasteiger partial charge in [0.1, 0.15) is 0 Å². The second-order valence-electron chi connectivity index (χ2n) is 7.51. The standard InChI is InChI=1S/C5H9N3O2.C5H7NO2.C5H5NO2.C5H9NO.3CH4/c1-6-4(9)7(2)8(3)5(6)10;2*1-6-4(7)2-3-5(6)8;1-6-4-2-3-5(6)7;;;/h1-3H3;2-3H2,1H3;2-3H,1H3;2-4H2,1H3;3*1H4. The number of hydrogen-bond acceptors (Lipinski definition) is 7. The maximum absolute atomic E-state index is 10.9.